The van der Waals surface area contributed by atoms with Gasteiger partial charge in [0.2, 0.25) is 0 Å². The lowest BCUT2D eigenvalue weighted by atomic mass is 10.1. The van der Waals surface area contributed by atoms with Crippen LogP contribution in [0.1, 0.15) is 21.9 Å². The van der Waals surface area contributed by atoms with Crippen LogP contribution in [0.4, 0.5) is 5.69 Å². The zero-order valence-corrected chi connectivity index (χ0v) is 16.3. The third kappa shape index (κ3) is 3.94. The van der Waals surface area contributed by atoms with Gasteiger partial charge in [-0.25, -0.2) is 5.43 Å². The number of rotatable bonds is 5. The number of carbonyl (C=O) groups excluding carboxylic acids is 1. The van der Waals surface area contributed by atoms with Gasteiger partial charge in [-0.3, -0.25) is 14.9 Å². The molecular weight excluding hydrogens is 410 g/mol. The summed E-state index contributed by atoms with van der Waals surface area (Å²) in [5.41, 5.74) is 4.04. The number of amides is 1. The van der Waals surface area contributed by atoms with Crippen molar-refractivity contribution in [2.24, 2.45) is 5.10 Å². The first kappa shape index (κ1) is 19.4. The van der Waals surface area contributed by atoms with Gasteiger partial charge >= 0.3 is 5.91 Å². The maximum absolute atomic E-state index is 12.2. The second kappa shape index (κ2) is 7.84. The van der Waals surface area contributed by atoms with E-state index in [1.54, 1.807) is 55.5 Å². The number of nitrogens with zero attached hydrogens (tertiary/aromatic N) is 2. The second-order valence-corrected chi connectivity index (χ2v) is 6.89. The summed E-state index contributed by atoms with van der Waals surface area (Å²) in [7, 11) is 0. The van der Waals surface area contributed by atoms with E-state index in [2.05, 4.69) is 10.5 Å². The number of nitrogens with one attached hydrogen (secondary N) is 1. The number of furan rings is 2. The van der Waals surface area contributed by atoms with E-state index in [1.807, 2.05) is 0 Å². The van der Waals surface area contributed by atoms with Crippen LogP contribution in [0.3, 0.4) is 0 Å². The molecule has 0 aliphatic carbocycles. The van der Waals surface area contributed by atoms with Crippen molar-refractivity contribution in [2.75, 3.05) is 0 Å². The van der Waals surface area contributed by atoms with Crippen LogP contribution in [0.25, 0.3) is 22.3 Å². The average molecular weight is 424 g/mol. The van der Waals surface area contributed by atoms with Gasteiger partial charge in [0, 0.05) is 27.6 Å². The highest BCUT2D eigenvalue weighted by Crippen LogP contribution is 2.28. The molecule has 0 atom stereocenters. The van der Waals surface area contributed by atoms with E-state index in [9.17, 15) is 14.9 Å². The maximum Gasteiger partial charge on any atom is 0.307 e. The smallest absolute Gasteiger partial charge is 0.307 e. The molecule has 0 fully saturated rings. The van der Waals surface area contributed by atoms with Crippen molar-refractivity contribution in [1.29, 1.82) is 0 Å². The molecule has 0 radical (unpaired) electrons. The van der Waals surface area contributed by atoms with E-state index >= 15 is 0 Å². The Morgan fingerprint density at radius 3 is 2.77 bits per heavy atom. The first-order chi connectivity index (χ1) is 14.4. The topological polar surface area (TPSA) is 111 Å². The van der Waals surface area contributed by atoms with Crippen LogP contribution >= 0.6 is 11.6 Å². The minimum atomic E-state index is -0.528. The fourth-order valence-corrected chi connectivity index (χ4v) is 3.05. The van der Waals surface area contributed by atoms with Crippen LogP contribution in [0.2, 0.25) is 5.02 Å². The van der Waals surface area contributed by atoms with Crippen molar-refractivity contribution in [2.45, 2.75) is 6.92 Å². The number of hydrazone groups is 1. The monoisotopic (exact) mass is 423 g/mol. The number of nitro groups is 1. The summed E-state index contributed by atoms with van der Waals surface area (Å²) in [6.45, 7) is 1.67. The van der Waals surface area contributed by atoms with Gasteiger partial charge in [-0.05, 0) is 43.3 Å². The molecule has 0 spiro atoms. The summed E-state index contributed by atoms with van der Waals surface area (Å²) in [4.78, 5) is 22.9. The normalized spacial score (nSPS) is 11.3. The van der Waals surface area contributed by atoms with E-state index < -0.39 is 10.8 Å². The molecule has 150 valence electrons. The van der Waals surface area contributed by atoms with E-state index in [0.29, 0.717) is 38.6 Å². The first-order valence-electron chi connectivity index (χ1n) is 8.78. The molecule has 1 amide bonds. The van der Waals surface area contributed by atoms with Crippen LogP contribution in [0.5, 0.6) is 0 Å². The van der Waals surface area contributed by atoms with Gasteiger partial charge < -0.3 is 8.83 Å². The lowest BCUT2D eigenvalue weighted by Crippen LogP contribution is -2.16. The van der Waals surface area contributed by atoms with Gasteiger partial charge in [-0.1, -0.05) is 23.7 Å². The predicted octanol–water partition coefficient (Wildman–Crippen LogP) is 5.33. The second-order valence-electron chi connectivity index (χ2n) is 6.45. The molecule has 8 nitrogen and oxygen atoms in total. The first-order valence-corrected chi connectivity index (χ1v) is 9.16. The molecule has 2 aromatic heterocycles. The molecule has 0 saturated carbocycles. The number of nitro benzene ring substituents is 1. The molecular formula is C21H14ClN3O5. The molecule has 0 aliphatic heterocycles. The Morgan fingerprint density at radius 2 is 1.97 bits per heavy atom. The quantitative estimate of drug-likeness (QED) is 0.265. The Balaban J connectivity index is 1.46. The number of hydrogen-bond donors (Lipinski definition) is 1. The Morgan fingerprint density at radius 1 is 1.13 bits per heavy atom. The van der Waals surface area contributed by atoms with Crippen LogP contribution in [-0.4, -0.2) is 17.0 Å². The molecule has 4 aromatic rings. The van der Waals surface area contributed by atoms with Gasteiger partial charge in [0.1, 0.15) is 17.1 Å². The highest BCUT2D eigenvalue weighted by atomic mass is 35.5. The average Bonchev–Trinajstić information content (AvgIpc) is 3.35. The van der Waals surface area contributed by atoms with Crippen molar-refractivity contribution < 1.29 is 18.6 Å². The van der Waals surface area contributed by atoms with Crippen LogP contribution in [-0.2, 0) is 0 Å². The number of halogens is 1. The van der Waals surface area contributed by atoms with Crippen LogP contribution in [0.15, 0.2) is 68.5 Å². The zero-order chi connectivity index (χ0) is 21.3. The van der Waals surface area contributed by atoms with Gasteiger partial charge in [0.05, 0.1) is 11.1 Å². The highest BCUT2D eigenvalue weighted by Gasteiger charge is 2.14. The third-order valence-corrected chi connectivity index (χ3v) is 4.61. The molecule has 0 saturated heterocycles. The lowest BCUT2D eigenvalue weighted by molar-refractivity contribution is -0.385. The highest BCUT2D eigenvalue weighted by molar-refractivity contribution is 6.31. The Kier molecular flexibility index (Phi) is 5.07. The van der Waals surface area contributed by atoms with Gasteiger partial charge in [0.25, 0.3) is 5.69 Å². The standard InChI is InChI=1S/C21H14ClN3O5/c1-12-2-3-13(9-17(12)25(27)28)18-7-5-16(29-18)11-23-24-21(26)20-10-14-8-15(22)4-6-19(14)30-20/h2-11H,1H3,(H,24,26)/b23-11+. The molecule has 9 heteroatoms. The summed E-state index contributed by atoms with van der Waals surface area (Å²) in [5.74, 6) is 0.376. The number of benzene rings is 2. The number of aryl methyl sites for hydroxylation is 1. The van der Waals surface area contributed by atoms with E-state index in [4.69, 9.17) is 20.4 Å². The lowest BCUT2D eigenvalue weighted by Gasteiger charge is -2.00. The van der Waals surface area contributed by atoms with Crippen molar-refractivity contribution >= 4 is 40.4 Å². The van der Waals surface area contributed by atoms with Gasteiger partial charge in [-0.15, -0.1) is 0 Å². The molecule has 30 heavy (non-hydrogen) atoms. The van der Waals surface area contributed by atoms with E-state index in [1.165, 1.54) is 12.3 Å². The molecule has 0 unspecified atom stereocenters. The van der Waals surface area contributed by atoms with Crippen molar-refractivity contribution in [3.63, 3.8) is 0 Å². The molecule has 2 aromatic carbocycles. The Labute approximate surface area is 174 Å². The summed E-state index contributed by atoms with van der Waals surface area (Å²) >= 11 is 5.93. The summed E-state index contributed by atoms with van der Waals surface area (Å²) in [5, 5.41) is 16.2. The Hall–Kier alpha value is -3.91. The third-order valence-electron chi connectivity index (χ3n) is 4.38. The van der Waals surface area contributed by atoms with Gasteiger partial charge in [0.15, 0.2) is 5.76 Å². The van der Waals surface area contributed by atoms with Crippen molar-refractivity contribution in [1.82, 2.24) is 5.43 Å². The zero-order valence-electron chi connectivity index (χ0n) is 15.6. The summed E-state index contributed by atoms with van der Waals surface area (Å²) < 4.78 is 11.1. The Bertz CT molecular complexity index is 1310. The fourth-order valence-electron chi connectivity index (χ4n) is 2.87. The number of fused-ring (bicyclic) bond motifs is 1. The van der Waals surface area contributed by atoms with Crippen molar-refractivity contribution in [3.8, 4) is 11.3 Å². The summed E-state index contributed by atoms with van der Waals surface area (Å²) in [6.07, 6.45) is 1.32. The number of carbonyl (C=O) groups is 1. The molecule has 2 heterocycles. The van der Waals surface area contributed by atoms with Crippen LogP contribution in [0, 0.1) is 17.0 Å². The molecule has 4 rings (SSSR count). The van der Waals surface area contributed by atoms with E-state index in [-0.39, 0.29) is 11.4 Å². The minimum Gasteiger partial charge on any atom is -0.455 e. The fraction of sp³-hybridized carbons (Fsp3) is 0.0476. The molecule has 0 bridgehead atoms. The predicted molar refractivity (Wildman–Crippen MR) is 112 cm³/mol. The minimum absolute atomic E-state index is 0.0125. The largest absolute Gasteiger partial charge is 0.455 e. The van der Waals surface area contributed by atoms with Crippen LogP contribution < -0.4 is 5.43 Å². The maximum atomic E-state index is 12.2. The SMILES string of the molecule is Cc1ccc(-c2ccc(/C=N/NC(=O)c3cc4cc(Cl)ccc4o3)o2)cc1[N+](=O)[O-]. The van der Waals surface area contributed by atoms with Gasteiger partial charge in [-0.2, -0.15) is 5.10 Å². The summed E-state index contributed by atoms with van der Waals surface area (Å²) in [6, 6.07) is 14.8. The van der Waals surface area contributed by atoms with Crippen molar-refractivity contribution in [3.05, 3.63) is 86.8 Å². The molecule has 1 N–H and O–H groups in total. The molecule has 0 aliphatic rings. The number of hydrogen-bond acceptors (Lipinski definition) is 6. The van der Waals surface area contributed by atoms with E-state index in [0.717, 1.165) is 0 Å².